The molecular weight excluding hydrogens is 362 g/mol. The van der Waals surface area contributed by atoms with Gasteiger partial charge in [-0.1, -0.05) is 53.7 Å². The third-order valence-electron chi connectivity index (χ3n) is 4.08. The lowest BCUT2D eigenvalue weighted by Crippen LogP contribution is -2.17. The van der Waals surface area contributed by atoms with Crippen molar-refractivity contribution in [3.63, 3.8) is 0 Å². The number of hydrogen-bond donors (Lipinski definition) is 2. The van der Waals surface area contributed by atoms with Gasteiger partial charge in [-0.3, -0.25) is 14.4 Å². The van der Waals surface area contributed by atoms with E-state index in [0.29, 0.717) is 16.7 Å². The van der Waals surface area contributed by atoms with Gasteiger partial charge in [-0.15, -0.1) is 0 Å². The van der Waals surface area contributed by atoms with Crippen LogP contribution in [0, 0.1) is 0 Å². The number of rotatable bonds is 1. The quantitative estimate of drug-likeness (QED) is 0.738. The number of carbonyl (C=O) groups is 3. The Morgan fingerprint density at radius 1 is 0.714 bits per heavy atom. The van der Waals surface area contributed by atoms with Gasteiger partial charge in [0.15, 0.2) is 23.0 Å². The van der Waals surface area contributed by atoms with E-state index in [-0.39, 0.29) is 28.6 Å². The highest BCUT2D eigenvalue weighted by atomic mass is 16.6. The zero-order valence-corrected chi connectivity index (χ0v) is 14.7. The number of aliphatic hydroxyl groups excluding tert-OH is 2. The van der Waals surface area contributed by atoms with E-state index in [4.69, 9.17) is 5.11 Å². The van der Waals surface area contributed by atoms with Gasteiger partial charge in [0.2, 0.25) is 5.78 Å². The Morgan fingerprint density at radius 3 is 1.75 bits per heavy atom. The molecule has 2 aromatic carbocycles. The highest BCUT2D eigenvalue weighted by molar-refractivity contribution is 6.25. The van der Waals surface area contributed by atoms with Gasteiger partial charge in [-0.2, -0.15) is 0 Å². The van der Waals surface area contributed by atoms with Crippen LogP contribution in [0.15, 0.2) is 77.4 Å². The minimum absolute atomic E-state index is 0.166. The van der Waals surface area contributed by atoms with Crippen LogP contribution in [0.2, 0.25) is 0 Å². The van der Waals surface area contributed by atoms with E-state index in [1.165, 1.54) is 13.2 Å². The molecule has 0 saturated heterocycles. The molecule has 0 aliphatic heterocycles. The summed E-state index contributed by atoms with van der Waals surface area (Å²) in [5.41, 5.74) is 2.01. The third kappa shape index (κ3) is 3.45. The van der Waals surface area contributed by atoms with Crippen LogP contribution in [0.1, 0.15) is 36.6 Å². The minimum atomic E-state index is -0.491. The van der Waals surface area contributed by atoms with E-state index >= 15 is 0 Å². The summed E-state index contributed by atoms with van der Waals surface area (Å²) in [6.07, 6.45) is 2.09. The first-order valence-electron chi connectivity index (χ1n) is 8.18. The molecule has 4 rings (SSSR count). The molecule has 7 heteroatoms. The molecule has 0 aromatic heterocycles. The first-order valence-corrected chi connectivity index (χ1v) is 8.18. The van der Waals surface area contributed by atoms with Gasteiger partial charge >= 0.3 is 0 Å². The molecule has 0 saturated carbocycles. The van der Waals surface area contributed by atoms with E-state index in [2.05, 4.69) is 9.99 Å². The summed E-state index contributed by atoms with van der Waals surface area (Å²) >= 11 is 0. The number of nitrogens with zero attached hydrogens (tertiary/aromatic N) is 1. The standard InChI is InChI=1S/C11H9NO3.C10H6O3/c1-15-12-11-8-5-3-2-4-7(8)9(13)6-10(11)14;11-8-5-9(12)10(13)7-4-2-1-3-6(7)8/h2-6,14H,1H3;1-5,12H. The van der Waals surface area contributed by atoms with Gasteiger partial charge in [0.05, 0.1) is 0 Å². The van der Waals surface area contributed by atoms with Crippen LogP contribution < -0.4 is 0 Å². The van der Waals surface area contributed by atoms with Gasteiger partial charge < -0.3 is 15.1 Å². The second-order valence-electron chi connectivity index (χ2n) is 5.83. The Morgan fingerprint density at radius 2 is 1.18 bits per heavy atom. The van der Waals surface area contributed by atoms with Crippen molar-refractivity contribution in [3.8, 4) is 0 Å². The fraction of sp³-hybridized carbons (Fsp3) is 0.0476. The molecule has 0 radical (unpaired) electrons. The first kappa shape index (κ1) is 18.8. The van der Waals surface area contributed by atoms with Crippen molar-refractivity contribution in [2.45, 2.75) is 0 Å². The molecule has 0 unspecified atom stereocenters. The van der Waals surface area contributed by atoms with Gasteiger partial charge in [-0.25, -0.2) is 0 Å². The number of ketones is 3. The maximum Gasteiger partial charge on any atom is 0.228 e. The molecular formula is C21H15NO6. The molecule has 2 aliphatic carbocycles. The number of carbonyl (C=O) groups excluding carboxylic acids is 3. The average molecular weight is 377 g/mol. The molecule has 28 heavy (non-hydrogen) atoms. The molecule has 140 valence electrons. The van der Waals surface area contributed by atoms with Crippen molar-refractivity contribution in [1.29, 1.82) is 0 Å². The first-order chi connectivity index (χ1) is 13.4. The van der Waals surface area contributed by atoms with Crippen molar-refractivity contribution in [1.82, 2.24) is 0 Å². The Labute approximate surface area is 159 Å². The predicted molar refractivity (Wildman–Crippen MR) is 101 cm³/mol. The van der Waals surface area contributed by atoms with Crippen LogP contribution in [0.25, 0.3) is 0 Å². The molecule has 7 nitrogen and oxygen atoms in total. The summed E-state index contributed by atoms with van der Waals surface area (Å²) in [6.45, 7) is 0. The fourth-order valence-corrected chi connectivity index (χ4v) is 2.80. The van der Waals surface area contributed by atoms with Crippen molar-refractivity contribution in [2.24, 2.45) is 5.16 Å². The number of allylic oxidation sites excluding steroid dienone is 4. The highest BCUT2D eigenvalue weighted by Crippen LogP contribution is 2.21. The summed E-state index contributed by atoms with van der Waals surface area (Å²) < 4.78 is 0. The lowest BCUT2D eigenvalue weighted by atomic mass is 9.93. The Balaban J connectivity index is 0.000000162. The maximum absolute atomic E-state index is 11.5. The second-order valence-corrected chi connectivity index (χ2v) is 5.83. The highest BCUT2D eigenvalue weighted by Gasteiger charge is 2.24. The topological polar surface area (TPSA) is 113 Å². The molecule has 2 aromatic rings. The number of hydrogen-bond acceptors (Lipinski definition) is 7. The molecule has 2 aliphatic rings. The van der Waals surface area contributed by atoms with E-state index in [1.807, 2.05) is 0 Å². The van der Waals surface area contributed by atoms with Crippen molar-refractivity contribution < 1.29 is 29.4 Å². The molecule has 0 bridgehead atoms. The SMILES string of the molecule is CON=C1C(O)=CC(=O)c2ccccc21.O=C1C=C(O)C(=O)c2ccccc21. The zero-order valence-electron chi connectivity index (χ0n) is 14.7. The van der Waals surface area contributed by atoms with Crippen molar-refractivity contribution >= 4 is 23.1 Å². The summed E-state index contributed by atoms with van der Waals surface area (Å²) in [5.74, 6) is -1.69. The predicted octanol–water partition coefficient (Wildman–Crippen LogP) is 3.18. The molecule has 0 heterocycles. The number of oxime groups is 1. The van der Waals surface area contributed by atoms with E-state index in [9.17, 15) is 19.5 Å². The summed E-state index contributed by atoms with van der Waals surface area (Å²) in [7, 11) is 1.39. The van der Waals surface area contributed by atoms with Crippen LogP contribution in [0.5, 0.6) is 0 Å². The molecule has 0 amide bonds. The van der Waals surface area contributed by atoms with Crippen molar-refractivity contribution in [3.05, 3.63) is 94.5 Å². The second kappa shape index (κ2) is 7.71. The maximum atomic E-state index is 11.5. The number of fused-ring (bicyclic) bond motifs is 2. The Kier molecular flexibility index (Phi) is 5.17. The van der Waals surface area contributed by atoms with Crippen LogP contribution in [-0.4, -0.2) is 40.4 Å². The van der Waals surface area contributed by atoms with Gasteiger partial charge in [0, 0.05) is 34.4 Å². The lowest BCUT2D eigenvalue weighted by molar-refractivity contribution is 0.0939. The smallest absolute Gasteiger partial charge is 0.228 e. The summed E-state index contributed by atoms with van der Waals surface area (Å²) in [5, 5.41) is 22.3. The normalized spacial score (nSPS) is 16.3. The van der Waals surface area contributed by atoms with Gasteiger partial charge in [0.25, 0.3) is 0 Å². The van der Waals surface area contributed by atoms with Crippen molar-refractivity contribution in [2.75, 3.05) is 7.11 Å². The average Bonchev–Trinajstić information content (AvgIpc) is 2.70. The Hall–Kier alpha value is -4.00. The van der Waals surface area contributed by atoms with Crippen LogP contribution in [0.4, 0.5) is 0 Å². The van der Waals surface area contributed by atoms with Crippen LogP contribution in [-0.2, 0) is 4.84 Å². The number of benzene rings is 2. The number of aliphatic hydroxyl groups is 2. The van der Waals surface area contributed by atoms with Gasteiger partial charge in [0.1, 0.15) is 12.9 Å². The summed E-state index contributed by atoms with van der Waals surface area (Å²) in [6, 6.07) is 13.4. The third-order valence-corrected chi connectivity index (χ3v) is 4.08. The Bertz CT molecular complexity index is 1080. The largest absolute Gasteiger partial charge is 0.505 e. The molecule has 0 fully saturated rings. The monoisotopic (exact) mass is 377 g/mol. The van der Waals surface area contributed by atoms with Gasteiger partial charge in [-0.05, 0) is 0 Å². The minimum Gasteiger partial charge on any atom is -0.505 e. The molecule has 2 N–H and O–H groups in total. The number of Topliss-reactive ketones (excluding diaryl/α,β-unsaturated/α-hetero) is 1. The molecule has 0 spiro atoms. The fourth-order valence-electron chi connectivity index (χ4n) is 2.80. The van der Waals surface area contributed by atoms with E-state index in [0.717, 1.165) is 12.2 Å². The van der Waals surface area contributed by atoms with Crippen LogP contribution in [0.3, 0.4) is 0 Å². The van der Waals surface area contributed by atoms with Crippen LogP contribution >= 0.6 is 0 Å². The van der Waals surface area contributed by atoms with E-state index < -0.39 is 11.5 Å². The lowest BCUT2D eigenvalue weighted by Gasteiger charge is -2.13. The van der Waals surface area contributed by atoms with E-state index in [1.54, 1.807) is 42.5 Å². The zero-order chi connectivity index (χ0) is 20.3. The molecule has 0 atom stereocenters. The summed E-state index contributed by atoms with van der Waals surface area (Å²) in [4.78, 5) is 38.7.